The number of halogens is 1. The van der Waals surface area contributed by atoms with E-state index in [1.54, 1.807) is 12.1 Å². The van der Waals surface area contributed by atoms with E-state index in [9.17, 15) is 10.1 Å². The molecule has 0 aromatic heterocycles. The molecule has 0 bridgehead atoms. The summed E-state index contributed by atoms with van der Waals surface area (Å²) in [5, 5.41) is 12.5. The lowest BCUT2D eigenvalue weighted by atomic mass is 10.1. The van der Waals surface area contributed by atoms with Crippen LogP contribution in [0.1, 0.15) is 23.6 Å². The number of rotatable bonds is 7. The van der Waals surface area contributed by atoms with E-state index in [1.807, 2.05) is 67.6 Å². The third-order valence-corrected chi connectivity index (χ3v) is 6.33. The van der Waals surface area contributed by atoms with Crippen LogP contribution in [0.2, 0.25) is 0 Å². The number of thioether (sulfide) groups is 1. The van der Waals surface area contributed by atoms with Crippen molar-refractivity contribution in [1.82, 2.24) is 5.32 Å². The first kappa shape index (κ1) is 23.6. The van der Waals surface area contributed by atoms with Crippen LogP contribution in [0.3, 0.4) is 0 Å². The Morgan fingerprint density at radius 3 is 2.65 bits per heavy atom. The molecule has 1 amide bonds. The van der Waals surface area contributed by atoms with Crippen molar-refractivity contribution in [3.05, 3.63) is 92.8 Å². The maximum Gasteiger partial charge on any atom is 0.264 e. The minimum atomic E-state index is -0.195. The van der Waals surface area contributed by atoms with Crippen LogP contribution in [0, 0.1) is 11.3 Å². The molecule has 34 heavy (non-hydrogen) atoms. The van der Waals surface area contributed by atoms with E-state index in [1.165, 1.54) is 11.8 Å². The summed E-state index contributed by atoms with van der Waals surface area (Å²) in [5.74, 6) is 1.23. The molecule has 1 aliphatic heterocycles. The van der Waals surface area contributed by atoms with Gasteiger partial charge in [-0.15, -0.1) is 0 Å². The predicted molar refractivity (Wildman–Crippen MR) is 138 cm³/mol. The lowest BCUT2D eigenvalue weighted by Gasteiger charge is -2.10. The summed E-state index contributed by atoms with van der Waals surface area (Å²) in [6.45, 7) is 2.82. The van der Waals surface area contributed by atoms with Crippen molar-refractivity contribution in [1.29, 1.82) is 5.26 Å². The predicted octanol–water partition coefficient (Wildman–Crippen LogP) is 6.19. The van der Waals surface area contributed by atoms with E-state index in [4.69, 9.17) is 9.47 Å². The molecule has 0 unspecified atom stereocenters. The Labute approximate surface area is 210 Å². The molecule has 8 heteroatoms. The molecule has 1 fully saturated rings. The number of nitrogens with one attached hydrogen (secondary N) is 1. The smallest absolute Gasteiger partial charge is 0.264 e. The summed E-state index contributed by atoms with van der Waals surface area (Å²) in [6.07, 6.45) is 1.81. The fraction of sp³-hybridized carbons (Fsp3) is 0.115. The number of nitriles is 1. The monoisotopic (exact) mass is 533 g/mol. The Kier molecular flexibility index (Phi) is 7.68. The van der Waals surface area contributed by atoms with Crippen molar-refractivity contribution < 1.29 is 14.3 Å². The van der Waals surface area contributed by atoms with E-state index in [-0.39, 0.29) is 12.5 Å². The summed E-state index contributed by atoms with van der Waals surface area (Å²) >= 11 is 4.82. The topological polar surface area (TPSA) is 83.7 Å². The Morgan fingerprint density at radius 2 is 1.91 bits per heavy atom. The summed E-state index contributed by atoms with van der Waals surface area (Å²) in [5.41, 5.74) is 2.99. The molecule has 6 nitrogen and oxygen atoms in total. The minimum Gasteiger partial charge on any atom is -0.494 e. The van der Waals surface area contributed by atoms with Crippen molar-refractivity contribution in [2.24, 2.45) is 4.99 Å². The molecular weight excluding hydrogens is 514 g/mol. The van der Waals surface area contributed by atoms with Crippen LogP contribution in [0.4, 0.5) is 5.69 Å². The van der Waals surface area contributed by atoms with Crippen LogP contribution < -0.4 is 14.8 Å². The average molecular weight is 534 g/mol. The van der Waals surface area contributed by atoms with Gasteiger partial charge in [-0.2, -0.15) is 5.26 Å². The van der Waals surface area contributed by atoms with Gasteiger partial charge in [0, 0.05) is 5.56 Å². The van der Waals surface area contributed by atoms with Crippen molar-refractivity contribution in [3.63, 3.8) is 0 Å². The maximum atomic E-state index is 12.4. The lowest BCUT2D eigenvalue weighted by Crippen LogP contribution is -2.19. The summed E-state index contributed by atoms with van der Waals surface area (Å²) in [7, 11) is 0. The Morgan fingerprint density at radius 1 is 1.12 bits per heavy atom. The van der Waals surface area contributed by atoms with Gasteiger partial charge in [-0.25, -0.2) is 4.99 Å². The molecule has 1 saturated heterocycles. The molecule has 0 atom stereocenters. The van der Waals surface area contributed by atoms with Crippen LogP contribution in [0.5, 0.6) is 11.5 Å². The van der Waals surface area contributed by atoms with Gasteiger partial charge < -0.3 is 14.8 Å². The quantitative estimate of drug-likeness (QED) is 0.366. The zero-order valence-electron chi connectivity index (χ0n) is 18.2. The molecule has 1 aliphatic rings. The molecule has 0 saturated carbocycles. The van der Waals surface area contributed by atoms with Gasteiger partial charge in [0.2, 0.25) is 0 Å². The Hall–Kier alpha value is -3.54. The first-order chi connectivity index (χ1) is 16.6. The van der Waals surface area contributed by atoms with E-state index >= 15 is 0 Å². The lowest BCUT2D eigenvalue weighted by molar-refractivity contribution is -0.115. The Balaban J connectivity index is 1.44. The third-order valence-electron chi connectivity index (χ3n) is 4.80. The second-order valence-corrected chi connectivity index (χ2v) is 9.04. The van der Waals surface area contributed by atoms with Crippen molar-refractivity contribution >= 4 is 50.5 Å². The molecule has 4 rings (SSSR count). The standard InChI is InChI=1S/C26H20BrN3O3S/c1-2-32-21-10-8-20(9-11-21)29-26-30-25(31)24(34-26)14-17-7-12-23(22(27)13-17)33-16-19-6-4-3-5-18(19)15-28/h3-14H,2,16H2,1H3,(H,29,30,31)/b24-14+. The highest BCUT2D eigenvalue weighted by atomic mass is 79.9. The molecule has 3 aromatic carbocycles. The number of carbonyl (C=O) groups excluding carboxylic acids is 1. The molecule has 0 aliphatic carbocycles. The SMILES string of the molecule is CCOc1ccc(N=C2NC(=O)/C(=C\c3ccc(OCc4ccccc4C#N)c(Br)c3)S2)cc1. The second kappa shape index (κ2) is 11.1. The number of ether oxygens (including phenoxy) is 2. The second-order valence-electron chi connectivity index (χ2n) is 7.16. The summed E-state index contributed by atoms with van der Waals surface area (Å²) < 4.78 is 12.1. The van der Waals surface area contributed by atoms with E-state index < -0.39 is 0 Å². The van der Waals surface area contributed by atoms with Gasteiger partial charge in [-0.05, 0) is 88.7 Å². The van der Waals surface area contributed by atoms with Crippen LogP contribution in [0.25, 0.3) is 6.08 Å². The number of amidine groups is 1. The highest BCUT2D eigenvalue weighted by molar-refractivity contribution is 9.10. The summed E-state index contributed by atoms with van der Waals surface area (Å²) in [6, 6.07) is 22.5. The number of hydrogen-bond donors (Lipinski definition) is 1. The zero-order chi connectivity index (χ0) is 23.9. The summed E-state index contributed by atoms with van der Waals surface area (Å²) in [4.78, 5) is 17.5. The number of amides is 1. The molecule has 3 aromatic rings. The van der Waals surface area contributed by atoms with Crippen molar-refractivity contribution in [2.75, 3.05) is 6.61 Å². The van der Waals surface area contributed by atoms with Crippen LogP contribution in [-0.2, 0) is 11.4 Å². The Bertz CT molecular complexity index is 1310. The van der Waals surface area contributed by atoms with E-state index in [2.05, 4.69) is 32.3 Å². The van der Waals surface area contributed by atoms with Crippen molar-refractivity contribution in [3.8, 4) is 17.6 Å². The van der Waals surface area contributed by atoms with Gasteiger partial charge in [0.15, 0.2) is 5.17 Å². The van der Waals surface area contributed by atoms with Gasteiger partial charge >= 0.3 is 0 Å². The zero-order valence-corrected chi connectivity index (χ0v) is 20.7. The van der Waals surface area contributed by atoms with Gasteiger partial charge in [0.1, 0.15) is 18.1 Å². The molecule has 1 heterocycles. The maximum absolute atomic E-state index is 12.4. The largest absolute Gasteiger partial charge is 0.494 e. The number of hydrogen-bond acceptors (Lipinski definition) is 6. The van der Waals surface area contributed by atoms with Crippen LogP contribution in [-0.4, -0.2) is 17.7 Å². The van der Waals surface area contributed by atoms with Gasteiger partial charge in [0.25, 0.3) is 5.91 Å². The fourth-order valence-electron chi connectivity index (χ4n) is 3.17. The highest BCUT2D eigenvalue weighted by Gasteiger charge is 2.24. The highest BCUT2D eigenvalue weighted by Crippen LogP contribution is 2.32. The molecule has 170 valence electrons. The van der Waals surface area contributed by atoms with Crippen molar-refractivity contribution in [2.45, 2.75) is 13.5 Å². The van der Waals surface area contributed by atoms with E-state index in [0.717, 1.165) is 27.0 Å². The number of nitrogens with zero attached hydrogens (tertiary/aromatic N) is 2. The molecule has 1 N–H and O–H groups in total. The van der Waals surface area contributed by atoms with E-state index in [0.29, 0.717) is 28.0 Å². The molecule has 0 spiro atoms. The number of aliphatic imine (C=N–C) groups is 1. The normalized spacial score (nSPS) is 15.3. The third kappa shape index (κ3) is 5.87. The molecule has 0 radical (unpaired) electrons. The van der Waals surface area contributed by atoms with Crippen LogP contribution >= 0.6 is 27.7 Å². The van der Waals surface area contributed by atoms with Gasteiger partial charge in [-0.1, -0.05) is 24.3 Å². The number of benzene rings is 3. The average Bonchev–Trinajstić information content (AvgIpc) is 3.18. The van der Waals surface area contributed by atoms with Gasteiger partial charge in [-0.3, -0.25) is 4.79 Å². The first-order valence-corrected chi connectivity index (χ1v) is 12.1. The fourth-order valence-corrected chi connectivity index (χ4v) is 4.52. The van der Waals surface area contributed by atoms with Gasteiger partial charge in [0.05, 0.1) is 33.3 Å². The minimum absolute atomic E-state index is 0.195. The number of carbonyl (C=O) groups is 1. The first-order valence-electron chi connectivity index (χ1n) is 10.5. The van der Waals surface area contributed by atoms with Crippen LogP contribution in [0.15, 0.2) is 81.1 Å². The molecular formula is C26H20BrN3O3S.